The summed E-state index contributed by atoms with van der Waals surface area (Å²) in [6.45, 7) is 9.79. The van der Waals surface area contributed by atoms with E-state index in [-0.39, 0.29) is 48.3 Å². The van der Waals surface area contributed by atoms with Gasteiger partial charge in [-0.25, -0.2) is 0 Å². The fourth-order valence-corrected chi connectivity index (χ4v) is 2.22. The van der Waals surface area contributed by atoms with E-state index < -0.39 is 6.10 Å². The minimum atomic E-state index is -0.676. The summed E-state index contributed by atoms with van der Waals surface area (Å²) in [6, 6.07) is 7.97. The van der Waals surface area contributed by atoms with Gasteiger partial charge in [0.2, 0.25) is 0 Å². The van der Waals surface area contributed by atoms with Crippen molar-refractivity contribution in [1.29, 1.82) is 0 Å². The molecule has 0 saturated carbocycles. The number of aliphatic hydroxyl groups is 1. The van der Waals surface area contributed by atoms with E-state index in [4.69, 9.17) is 0 Å². The lowest BCUT2D eigenvalue weighted by Crippen LogP contribution is -2.38. The molecule has 26 heavy (non-hydrogen) atoms. The molecule has 1 aromatic carbocycles. The normalized spacial score (nSPS) is 12.8. The number of aliphatic imine (C=N–C) groups is 1. The van der Waals surface area contributed by atoms with Crippen LogP contribution in [-0.2, 0) is 14.9 Å². The molecule has 1 atom stereocenters. The zero-order valence-corrected chi connectivity index (χ0v) is 18.7. The van der Waals surface area contributed by atoms with E-state index in [0.717, 1.165) is 5.56 Å². The van der Waals surface area contributed by atoms with Crippen molar-refractivity contribution in [2.45, 2.75) is 45.6 Å². The molecule has 0 saturated heterocycles. The van der Waals surface area contributed by atoms with Crippen LogP contribution in [0.15, 0.2) is 29.3 Å². The van der Waals surface area contributed by atoms with Gasteiger partial charge in [-0.2, -0.15) is 0 Å². The van der Waals surface area contributed by atoms with Crippen molar-refractivity contribution in [3.8, 4) is 0 Å². The molecule has 7 heteroatoms. The number of halogens is 1. The van der Waals surface area contributed by atoms with Gasteiger partial charge in [0, 0.05) is 13.1 Å². The minimum absolute atomic E-state index is 0. The van der Waals surface area contributed by atoms with Crippen molar-refractivity contribution in [3.05, 3.63) is 35.4 Å². The molecule has 0 aliphatic heterocycles. The van der Waals surface area contributed by atoms with Crippen molar-refractivity contribution in [2.24, 2.45) is 4.99 Å². The van der Waals surface area contributed by atoms with Crippen LogP contribution >= 0.6 is 24.0 Å². The highest BCUT2D eigenvalue weighted by atomic mass is 127. The summed E-state index contributed by atoms with van der Waals surface area (Å²) in [7, 11) is 1.36. The number of esters is 1. The lowest BCUT2D eigenvalue weighted by Gasteiger charge is -2.20. The van der Waals surface area contributed by atoms with Gasteiger partial charge in [0.1, 0.15) is 0 Å². The first kappa shape index (κ1) is 24.7. The molecule has 1 aromatic rings. The van der Waals surface area contributed by atoms with E-state index in [2.05, 4.69) is 41.1 Å². The smallest absolute Gasteiger partial charge is 0.307 e. The van der Waals surface area contributed by atoms with E-state index in [0.29, 0.717) is 19.0 Å². The van der Waals surface area contributed by atoms with Crippen LogP contribution in [-0.4, -0.2) is 43.8 Å². The monoisotopic (exact) mass is 477 g/mol. The topological polar surface area (TPSA) is 83.0 Å². The SMILES string of the molecule is CCNC(=NCC(O)c1ccc(C(C)(C)C)cc1)NCCC(=O)OC.I. The van der Waals surface area contributed by atoms with Gasteiger partial charge in [0.05, 0.1) is 26.2 Å². The molecule has 1 rings (SSSR count). The summed E-state index contributed by atoms with van der Waals surface area (Å²) >= 11 is 0. The summed E-state index contributed by atoms with van der Waals surface area (Å²) in [6.07, 6.45) is -0.414. The number of carbonyl (C=O) groups excluding carboxylic acids is 1. The van der Waals surface area contributed by atoms with Crippen LogP contribution < -0.4 is 10.6 Å². The van der Waals surface area contributed by atoms with Gasteiger partial charge in [0.25, 0.3) is 0 Å². The quantitative estimate of drug-likeness (QED) is 0.244. The molecule has 1 unspecified atom stereocenters. The maximum absolute atomic E-state index is 11.1. The van der Waals surface area contributed by atoms with E-state index in [9.17, 15) is 9.90 Å². The Kier molecular flexibility index (Phi) is 11.5. The minimum Gasteiger partial charge on any atom is -0.469 e. The summed E-state index contributed by atoms with van der Waals surface area (Å²) < 4.78 is 4.60. The zero-order valence-electron chi connectivity index (χ0n) is 16.3. The lowest BCUT2D eigenvalue weighted by molar-refractivity contribution is -0.140. The number of ether oxygens (including phenoxy) is 1. The van der Waals surface area contributed by atoms with Gasteiger partial charge in [-0.05, 0) is 23.5 Å². The second kappa shape index (κ2) is 12.1. The molecular formula is C19H32IN3O3. The number of hydrogen-bond donors (Lipinski definition) is 3. The third kappa shape index (κ3) is 8.84. The Morgan fingerprint density at radius 3 is 2.35 bits per heavy atom. The average Bonchev–Trinajstić information content (AvgIpc) is 2.58. The molecule has 0 spiro atoms. The molecule has 0 fully saturated rings. The number of hydrogen-bond acceptors (Lipinski definition) is 4. The molecule has 148 valence electrons. The molecule has 0 aromatic heterocycles. The number of carbonyl (C=O) groups is 1. The van der Waals surface area contributed by atoms with E-state index in [1.54, 1.807) is 0 Å². The van der Waals surface area contributed by atoms with Crippen molar-refractivity contribution >= 4 is 35.9 Å². The Balaban J connectivity index is 0.00000625. The van der Waals surface area contributed by atoms with Gasteiger partial charge in [0.15, 0.2) is 5.96 Å². The van der Waals surface area contributed by atoms with Crippen LogP contribution in [0.5, 0.6) is 0 Å². The van der Waals surface area contributed by atoms with Crippen molar-refractivity contribution in [2.75, 3.05) is 26.7 Å². The zero-order chi connectivity index (χ0) is 18.9. The van der Waals surface area contributed by atoms with Crippen LogP contribution in [0.2, 0.25) is 0 Å². The van der Waals surface area contributed by atoms with Gasteiger partial charge in [-0.3, -0.25) is 9.79 Å². The Morgan fingerprint density at radius 2 is 1.85 bits per heavy atom. The van der Waals surface area contributed by atoms with Gasteiger partial charge in [-0.1, -0.05) is 45.0 Å². The second-order valence-electron chi connectivity index (χ2n) is 6.86. The first-order chi connectivity index (χ1) is 11.8. The largest absolute Gasteiger partial charge is 0.469 e. The van der Waals surface area contributed by atoms with Crippen LogP contribution in [0.25, 0.3) is 0 Å². The molecule has 0 aliphatic carbocycles. The molecule has 0 radical (unpaired) electrons. The molecule has 6 nitrogen and oxygen atoms in total. The van der Waals surface area contributed by atoms with Crippen molar-refractivity contribution < 1.29 is 14.6 Å². The summed E-state index contributed by atoms with van der Waals surface area (Å²) in [4.78, 5) is 15.5. The predicted molar refractivity (Wildman–Crippen MR) is 116 cm³/mol. The lowest BCUT2D eigenvalue weighted by atomic mass is 9.86. The van der Waals surface area contributed by atoms with Gasteiger partial charge < -0.3 is 20.5 Å². The molecule has 0 aliphatic rings. The number of benzene rings is 1. The molecular weight excluding hydrogens is 445 g/mol. The summed E-state index contributed by atoms with van der Waals surface area (Å²) in [5.41, 5.74) is 2.15. The van der Waals surface area contributed by atoms with E-state index in [1.807, 2.05) is 31.2 Å². The fraction of sp³-hybridized carbons (Fsp3) is 0.579. The number of nitrogens with one attached hydrogen (secondary N) is 2. The van der Waals surface area contributed by atoms with Crippen LogP contribution in [0.1, 0.15) is 51.3 Å². The van der Waals surface area contributed by atoms with Crippen molar-refractivity contribution in [1.82, 2.24) is 10.6 Å². The maximum atomic E-state index is 11.1. The number of rotatable bonds is 7. The van der Waals surface area contributed by atoms with Crippen LogP contribution in [0.3, 0.4) is 0 Å². The number of methoxy groups -OCH3 is 1. The summed E-state index contributed by atoms with van der Waals surface area (Å²) in [5, 5.41) is 16.5. The average molecular weight is 477 g/mol. The third-order valence-electron chi connectivity index (χ3n) is 3.78. The highest BCUT2D eigenvalue weighted by Crippen LogP contribution is 2.24. The standard InChI is InChI=1S/C19H31N3O3.HI/c1-6-20-18(21-12-11-17(24)25-5)22-13-16(23)14-7-9-15(10-8-14)19(2,3)4;/h7-10,16,23H,6,11-13H2,1-5H3,(H2,20,21,22);1H. The Bertz CT molecular complexity index is 568. The highest BCUT2D eigenvalue weighted by molar-refractivity contribution is 14.0. The third-order valence-corrected chi connectivity index (χ3v) is 3.78. The van der Waals surface area contributed by atoms with E-state index >= 15 is 0 Å². The van der Waals surface area contributed by atoms with Crippen LogP contribution in [0.4, 0.5) is 0 Å². The number of nitrogens with zero attached hydrogens (tertiary/aromatic N) is 1. The van der Waals surface area contributed by atoms with Crippen molar-refractivity contribution in [3.63, 3.8) is 0 Å². The fourth-order valence-electron chi connectivity index (χ4n) is 2.22. The Hall–Kier alpha value is -1.35. The first-order valence-corrected chi connectivity index (χ1v) is 8.65. The summed E-state index contributed by atoms with van der Waals surface area (Å²) in [5.74, 6) is 0.291. The number of guanidine groups is 1. The molecule has 0 bridgehead atoms. The molecule has 3 N–H and O–H groups in total. The van der Waals surface area contributed by atoms with Crippen LogP contribution in [0, 0.1) is 0 Å². The highest BCUT2D eigenvalue weighted by Gasteiger charge is 2.14. The maximum Gasteiger partial charge on any atom is 0.307 e. The predicted octanol–water partition coefficient (Wildman–Crippen LogP) is 2.75. The van der Waals surface area contributed by atoms with Gasteiger partial charge in [-0.15, -0.1) is 24.0 Å². The second-order valence-corrected chi connectivity index (χ2v) is 6.86. The van der Waals surface area contributed by atoms with Gasteiger partial charge >= 0.3 is 5.97 Å². The van der Waals surface area contributed by atoms with E-state index in [1.165, 1.54) is 12.7 Å². The Morgan fingerprint density at radius 1 is 1.23 bits per heavy atom. The Labute approximate surface area is 173 Å². The molecule has 0 heterocycles. The first-order valence-electron chi connectivity index (χ1n) is 8.65. The number of aliphatic hydroxyl groups excluding tert-OH is 1. The molecule has 0 amide bonds.